The minimum absolute atomic E-state index is 0.0265. The van der Waals surface area contributed by atoms with Crippen molar-refractivity contribution in [2.24, 2.45) is 0 Å². The summed E-state index contributed by atoms with van der Waals surface area (Å²) in [5.41, 5.74) is 2.35. The van der Waals surface area contributed by atoms with Gasteiger partial charge in [-0.2, -0.15) is 0 Å². The monoisotopic (exact) mass is 541 g/mol. The number of likely N-dealkylation sites (tertiary alicyclic amines) is 1. The number of rotatable bonds is 7. The molecule has 4 rings (SSSR count). The number of carbonyl (C=O) groups is 2. The van der Waals surface area contributed by atoms with Crippen molar-refractivity contribution in [3.05, 3.63) is 92.5 Å². The van der Waals surface area contributed by atoms with Crippen LogP contribution in [0, 0.1) is 6.92 Å². The van der Waals surface area contributed by atoms with Crippen LogP contribution < -0.4 is 14.2 Å². The highest BCUT2D eigenvalue weighted by Gasteiger charge is 2.46. The van der Waals surface area contributed by atoms with E-state index in [9.17, 15) is 14.7 Å². The second kappa shape index (κ2) is 10.7. The number of carbonyl (C=O) groups excluding carboxylic acids is 2. The van der Waals surface area contributed by atoms with Crippen LogP contribution in [0.3, 0.4) is 0 Å². The summed E-state index contributed by atoms with van der Waals surface area (Å²) in [7, 11) is 4.33. The molecule has 9 heteroatoms. The third kappa shape index (κ3) is 4.84. The number of halogens is 2. The first-order valence-corrected chi connectivity index (χ1v) is 12.1. The fraction of sp³-hybridized carbons (Fsp3) is 0.214. The maximum Gasteiger partial charge on any atom is 0.295 e. The maximum atomic E-state index is 13.4. The van der Waals surface area contributed by atoms with E-state index in [4.69, 9.17) is 37.4 Å². The summed E-state index contributed by atoms with van der Waals surface area (Å²) in [5, 5.41) is 11.6. The molecule has 1 N–H and O–H groups in total. The number of ketones is 1. The summed E-state index contributed by atoms with van der Waals surface area (Å²) in [6.07, 6.45) is 0. The zero-order valence-electron chi connectivity index (χ0n) is 20.7. The zero-order chi connectivity index (χ0) is 26.9. The van der Waals surface area contributed by atoms with Gasteiger partial charge in [-0.25, -0.2) is 0 Å². The lowest BCUT2D eigenvalue weighted by Crippen LogP contribution is -2.29. The van der Waals surface area contributed by atoms with Gasteiger partial charge in [-0.05, 0) is 36.2 Å². The van der Waals surface area contributed by atoms with E-state index in [0.717, 1.165) is 11.1 Å². The molecule has 1 fully saturated rings. The van der Waals surface area contributed by atoms with E-state index in [2.05, 4.69) is 0 Å². The van der Waals surface area contributed by atoms with Gasteiger partial charge in [0, 0.05) is 6.54 Å². The molecule has 0 bridgehead atoms. The average Bonchev–Trinajstić information content (AvgIpc) is 3.13. The molecular formula is C28H25Cl2NO6. The van der Waals surface area contributed by atoms with E-state index in [1.54, 1.807) is 19.2 Å². The maximum absolute atomic E-state index is 13.4. The molecule has 192 valence electrons. The highest BCUT2D eigenvalue weighted by Crippen LogP contribution is 2.47. The van der Waals surface area contributed by atoms with E-state index in [-0.39, 0.29) is 39.2 Å². The van der Waals surface area contributed by atoms with Crippen LogP contribution in [0.5, 0.6) is 17.2 Å². The van der Waals surface area contributed by atoms with E-state index >= 15 is 0 Å². The van der Waals surface area contributed by atoms with Crippen LogP contribution in [0.1, 0.15) is 28.3 Å². The summed E-state index contributed by atoms with van der Waals surface area (Å²) in [5.74, 6) is -1.14. The largest absolute Gasteiger partial charge is 0.507 e. The Balaban J connectivity index is 1.92. The number of aliphatic hydroxyl groups is 1. The van der Waals surface area contributed by atoms with Crippen LogP contribution in [0.4, 0.5) is 0 Å². The molecule has 1 atom stereocenters. The number of nitrogens with zero attached hydrogens (tertiary/aromatic N) is 1. The molecule has 1 amide bonds. The standard InChI is InChI=1S/C28H25Cl2NO6/c1-15-6-5-7-17(12-15)23-21(24(32)19-13-20(29)27(37-4)22(30)26(19)36-3)25(33)28(34)31(23)14-16-8-10-18(35-2)11-9-16/h5-13,23,32H,14H2,1-4H3/b24-21+. The Morgan fingerprint density at radius 1 is 0.946 bits per heavy atom. The fourth-order valence-corrected chi connectivity index (χ4v) is 5.14. The molecule has 0 spiro atoms. The first-order chi connectivity index (χ1) is 17.7. The number of Topliss-reactive ketones (excluding diaryl/α,β-unsaturated/α-hetero) is 1. The molecule has 3 aromatic carbocycles. The quantitative estimate of drug-likeness (QED) is 0.226. The number of ether oxygens (including phenoxy) is 3. The van der Waals surface area contributed by atoms with Crippen molar-refractivity contribution in [2.75, 3.05) is 21.3 Å². The molecule has 7 nitrogen and oxygen atoms in total. The Morgan fingerprint density at radius 3 is 2.22 bits per heavy atom. The van der Waals surface area contributed by atoms with Crippen LogP contribution in [0.2, 0.25) is 10.0 Å². The smallest absolute Gasteiger partial charge is 0.295 e. The molecule has 0 saturated carbocycles. The van der Waals surface area contributed by atoms with Gasteiger partial charge in [-0.1, -0.05) is 65.2 Å². The third-order valence-electron chi connectivity index (χ3n) is 6.20. The van der Waals surface area contributed by atoms with Gasteiger partial charge in [0.15, 0.2) is 11.5 Å². The van der Waals surface area contributed by atoms with Crippen molar-refractivity contribution in [1.29, 1.82) is 0 Å². The van der Waals surface area contributed by atoms with Gasteiger partial charge >= 0.3 is 0 Å². The Morgan fingerprint density at radius 2 is 1.62 bits per heavy atom. The van der Waals surface area contributed by atoms with Crippen LogP contribution >= 0.6 is 23.2 Å². The first kappa shape index (κ1) is 26.4. The number of aliphatic hydroxyl groups excluding tert-OH is 1. The van der Waals surface area contributed by atoms with Gasteiger partial charge in [0.05, 0.1) is 43.5 Å². The highest BCUT2D eigenvalue weighted by atomic mass is 35.5. The second-order valence-electron chi connectivity index (χ2n) is 8.48. The van der Waals surface area contributed by atoms with Gasteiger partial charge in [0.25, 0.3) is 11.7 Å². The summed E-state index contributed by atoms with van der Waals surface area (Å²) in [6.45, 7) is 2.04. The number of hydrogen-bond donors (Lipinski definition) is 1. The average molecular weight is 542 g/mol. The minimum Gasteiger partial charge on any atom is -0.507 e. The molecule has 37 heavy (non-hydrogen) atoms. The van der Waals surface area contributed by atoms with Crippen molar-refractivity contribution in [3.63, 3.8) is 0 Å². The van der Waals surface area contributed by atoms with Crippen molar-refractivity contribution in [2.45, 2.75) is 19.5 Å². The summed E-state index contributed by atoms with van der Waals surface area (Å²) in [6, 6.07) is 15.1. The van der Waals surface area contributed by atoms with E-state index in [0.29, 0.717) is 11.3 Å². The lowest BCUT2D eigenvalue weighted by atomic mass is 9.94. The number of benzene rings is 3. The first-order valence-electron chi connectivity index (χ1n) is 11.3. The highest BCUT2D eigenvalue weighted by molar-refractivity contribution is 6.47. The molecule has 0 aromatic heterocycles. The predicted molar refractivity (Wildman–Crippen MR) is 142 cm³/mol. The molecule has 1 unspecified atom stereocenters. The Bertz CT molecular complexity index is 1400. The second-order valence-corrected chi connectivity index (χ2v) is 9.26. The SMILES string of the molecule is COc1ccc(CN2C(=O)C(=O)/C(=C(/O)c3cc(Cl)c(OC)c(Cl)c3OC)C2c2cccc(C)c2)cc1. The van der Waals surface area contributed by atoms with Crippen molar-refractivity contribution in [1.82, 2.24) is 4.90 Å². The van der Waals surface area contributed by atoms with Gasteiger partial charge in [-0.3, -0.25) is 9.59 Å². The van der Waals surface area contributed by atoms with Crippen molar-refractivity contribution in [3.8, 4) is 17.2 Å². The Labute approximate surface area is 224 Å². The molecule has 3 aromatic rings. The van der Waals surface area contributed by atoms with Gasteiger partial charge in [0.1, 0.15) is 16.5 Å². The van der Waals surface area contributed by atoms with E-state index in [1.807, 2.05) is 43.3 Å². The van der Waals surface area contributed by atoms with Crippen LogP contribution in [-0.2, 0) is 16.1 Å². The molecule has 0 aliphatic carbocycles. The van der Waals surface area contributed by atoms with Gasteiger partial charge in [0.2, 0.25) is 0 Å². The van der Waals surface area contributed by atoms with Gasteiger partial charge in [-0.15, -0.1) is 0 Å². The normalized spacial score (nSPS) is 16.7. The molecule has 1 aliphatic rings. The topological polar surface area (TPSA) is 85.3 Å². The molecule has 1 aliphatic heterocycles. The molecular weight excluding hydrogens is 517 g/mol. The van der Waals surface area contributed by atoms with Crippen LogP contribution in [-0.4, -0.2) is 43.0 Å². The molecule has 0 radical (unpaired) electrons. The molecule has 1 saturated heterocycles. The van der Waals surface area contributed by atoms with Crippen LogP contribution in [0.25, 0.3) is 5.76 Å². The fourth-order valence-electron chi connectivity index (χ4n) is 4.45. The van der Waals surface area contributed by atoms with E-state index in [1.165, 1.54) is 25.2 Å². The Kier molecular flexibility index (Phi) is 7.66. The number of amides is 1. The van der Waals surface area contributed by atoms with E-state index < -0.39 is 23.5 Å². The number of hydrogen-bond acceptors (Lipinski definition) is 6. The number of methoxy groups -OCH3 is 3. The molecule has 1 heterocycles. The lowest BCUT2D eigenvalue weighted by Gasteiger charge is -2.26. The summed E-state index contributed by atoms with van der Waals surface area (Å²) >= 11 is 12.8. The summed E-state index contributed by atoms with van der Waals surface area (Å²) in [4.78, 5) is 28.2. The predicted octanol–water partition coefficient (Wildman–Crippen LogP) is 5.95. The lowest BCUT2D eigenvalue weighted by molar-refractivity contribution is -0.140. The van der Waals surface area contributed by atoms with Crippen molar-refractivity contribution >= 4 is 40.7 Å². The minimum atomic E-state index is -0.869. The van der Waals surface area contributed by atoms with Gasteiger partial charge < -0.3 is 24.2 Å². The summed E-state index contributed by atoms with van der Waals surface area (Å²) < 4.78 is 15.9. The third-order valence-corrected chi connectivity index (χ3v) is 6.83. The Hall–Kier alpha value is -3.68. The number of aryl methyl sites for hydroxylation is 1. The van der Waals surface area contributed by atoms with Crippen molar-refractivity contribution < 1.29 is 28.9 Å². The van der Waals surface area contributed by atoms with Crippen LogP contribution in [0.15, 0.2) is 60.2 Å². The zero-order valence-corrected chi connectivity index (χ0v) is 22.2.